The Kier molecular flexibility index (Phi) is 7.92. The maximum atomic E-state index is 12.8. The van der Waals surface area contributed by atoms with E-state index in [1.54, 1.807) is 7.11 Å². The molecule has 0 aliphatic heterocycles. The predicted molar refractivity (Wildman–Crippen MR) is 111 cm³/mol. The first-order valence-electron chi connectivity index (χ1n) is 9.42. The normalized spacial score (nSPS) is 13.1. The lowest BCUT2D eigenvalue weighted by atomic mass is 9.97. The van der Waals surface area contributed by atoms with Gasteiger partial charge in [0.2, 0.25) is 16.9 Å². The fraction of sp³-hybridized carbons (Fsp3) is 0.500. The van der Waals surface area contributed by atoms with Gasteiger partial charge in [0.15, 0.2) is 0 Å². The third kappa shape index (κ3) is 6.02. The Morgan fingerprint density at radius 1 is 1.14 bits per heavy atom. The van der Waals surface area contributed by atoms with Gasteiger partial charge in [-0.3, -0.25) is 14.9 Å². The topological polar surface area (TPSA) is 93.2 Å². The molecule has 152 valence electrons. The van der Waals surface area contributed by atoms with Gasteiger partial charge < -0.3 is 10.1 Å². The van der Waals surface area contributed by atoms with E-state index in [0.717, 1.165) is 17.7 Å². The number of rotatable bonds is 9. The monoisotopic (exact) mass is 404 g/mol. The third-order valence-corrected chi connectivity index (χ3v) is 5.29. The molecule has 0 saturated carbocycles. The summed E-state index contributed by atoms with van der Waals surface area (Å²) in [7, 11) is 1.61. The molecule has 0 saturated heterocycles. The van der Waals surface area contributed by atoms with Crippen LogP contribution < -0.4 is 15.4 Å². The summed E-state index contributed by atoms with van der Waals surface area (Å²) in [5, 5.41) is 15.0. The lowest BCUT2D eigenvalue weighted by molar-refractivity contribution is -0.128. The standard InChI is InChI=1S/C20H28N4O3S/c1-6-13(4)17(21-16(25)11-12(2)3)18(26)22-20-24-23-19(28-20)14-7-9-15(27-5)10-8-14/h7-10,12-13,17H,6,11H2,1-5H3,(H,21,25)(H,22,24,26)/t13-,17+/m0/s1. The van der Waals surface area contributed by atoms with Crippen LogP contribution in [-0.4, -0.2) is 35.2 Å². The Hall–Kier alpha value is -2.48. The van der Waals surface area contributed by atoms with Gasteiger partial charge in [-0.2, -0.15) is 0 Å². The van der Waals surface area contributed by atoms with E-state index in [1.165, 1.54) is 11.3 Å². The molecule has 28 heavy (non-hydrogen) atoms. The molecule has 2 rings (SSSR count). The summed E-state index contributed by atoms with van der Waals surface area (Å²) in [6.45, 7) is 7.88. The number of ether oxygens (including phenoxy) is 1. The molecule has 2 aromatic rings. The highest BCUT2D eigenvalue weighted by atomic mass is 32.1. The van der Waals surface area contributed by atoms with Gasteiger partial charge in [0, 0.05) is 12.0 Å². The van der Waals surface area contributed by atoms with E-state index >= 15 is 0 Å². The van der Waals surface area contributed by atoms with E-state index in [-0.39, 0.29) is 23.7 Å². The highest BCUT2D eigenvalue weighted by Gasteiger charge is 2.27. The van der Waals surface area contributed by atoms with Gasteiger partial charge in [0.05, 0.1) is 7.11 Å². The Labute approximate surface area is 169 Å². The van der Waals surface area contributed by atoms with Gasteiger partial charge in [0.25, 0.3) is 0 Å². The molecule has 0 unspecified atom stereocenters. The van der Waals surface area contributed by atoms with Crippen molar-refractivity contribution in [1.29, 1.82) is 0 Å². The number of methoxy groups -OCH3 is 1. The van der Waals surface area contributed by atoms with Gasteiger partial charge in [-0.15, -0.1) is 10.2 Å². The van der Waals surface area contributed by atoms with E-state index in [0.29, 0.717) is 16.6 Å². The van der Waals surface area contributed by atoms with E-state index in [4.69, 9.17) is 4.74 Å². The highest BCUT2D eigenvalue weighted by molar-refractivity contribution is 7.18. The molecule has 1 aromatic heterocycles. The molecule has 2 amide bonds. The van der Waals surface area contributed by atoms with Crippen LogP contribution >= 0.6 is 11.3 Å². The minimum absolute atomic E-state index is 0.00472. The second-order valence-corrected chi connectivity index (χ2v) is 8.14. The Morgan fingerprint density at radius 3 is 2.39 bits per heavy atom. The highest BCUT2D eigenvalue weighted by Crippen LogP contribution is 2.28. The van der Waals surface area contributed by atoms with E-state index in [9.17, 15) is 9.59 Å². The van der Waals surface area contributed by atoms with Crippen LogP contribution in [0, 0.1) is 11.8 Å². The molecule has 1 heterocycles. The molecule has 0 aliphatic rings. The Bertz CT molecular complexity index is 789. The fourth-order valence-corrected chi connectivity index (χ4v) is 3.36. The van der Waals surface area contributed by atoms with E-state index in [2.05, 4.69) is 20.8 Å². The summed E-state index contributed by atoms with van der Waals surface area (Å²) >= 11 is 1.29. The number of nitrogens with zero attached hydrogens (tertiary/aromatic N) is 2. The molecule has 0 radical (unpaired) electrons. The van der Waals surface area contributed by atoms with E-state index in [1.807, 2.05) is 52.0 Å². The van der Waals surface area contributed by atoms with Crippen LogP contribution in [0.25, 0.3) is 10.6 Å². The second-order valence-electron chi connectivity index (χ2n) is 7.16. The van der Waals surface area contributed by atoms with E-state index < -0.39 is 6.04 Å². The van der Waals surface area contributed by atoms with Crippen LogP contribution in [0.15, 0.2) is 24.3 Å². The SMILES string of the molecule is CC[C@H](C)[C@@H](NC(=O)CC(C)C)C(=O)Nc1nnc(-c2ccc(OC)cc2)s1. The van der Waals surface area contributed by atoms with Crippen molar-refractivity contribution in [3.63, 3.8) is 0 Å². The second kappa shape index (κ2) is 10.2. The van der Waals surface area contributed by atoms with Crippen LogP contribution in [0.2, 0.25) is 0 Å². The zero-order valence-corrected chi connectivity index (χ0v) is 17.8. The molecule has 1 aromatic carbocycles. The van der Waals surface area contributed by atoms with Crippen molar-refractivity contribution in [2.45, 2.75) is 46.6 Å². The first-order valence-corrected chi connectivity index (χ1v) is 10.2. The number of carbonyl (C=O) groups is 2. The molecular weight excluding hydrogens is 376 g/mol. The van der Waals surface area contributed by atoms with Crippen molar-refractivity contribution in [3.8, 4) is 16.3 Å². The number of hydrogen-bond donors (Lipinski definition) is 2. The fourth-order valence-electron chi connectivity index (χ4n) is 2.61. The molecule has 0 spiro atoms. The molecule has 2 N–H and O–H groups in total. The lowest BCUT2D eigenvalue weighted by Gasteiger charge is -2.23. The maximum absolute atomic E-state index is 12.8. The average molecular weight is 405 g/mol. The van der Waals surface area contributed by atoms with Crippen LogP contribution in [-0.2, 0) is 9.59 Å². The summed E-state index contributed by atoms with van der Waals surface area (Å²) in [5.74, 6) is 0.604. The molecular formula is C20H28N4O3S. The van der Waals surface area contributed by atoms with Crippen molar-refractivity contribution in [2.75, 3.05) is 12.4 Å². The molecule has 0 fully saturated rings. The largest absolute Gasteiger partial charge is 0.497 e. The number of nitrogens with one attached hydrogen (secondary N) is 2. The molecule has 0 aliphatic carbocycles. The molecule has 7 nitrogen and oxygen atoms in total. The van der Waals surface area contributed by atoms with Gasteiger partial charge in [-0.05, 0) is 36.1 Å². The predicted octanol–water partition coefficient (Wildman–Crippen LogP) is 3.73. The zero-order valence-electron chi connectivity index (χ0n) is 17.0. The van der Waals surface area contributed by atoms with Crippen molar-refractivity contribution in [3.05, 3.63) is 24.3 Å². The third-order valence-electron chi connectivity index (χ3n) is 4.40. The summed E-state index contributed by atoms with van der Waals surface area (Å²) in [6, 6.07) is 6.86. The molecule has 2 atom stereocenters. The zero-order chi connectivity index (χ0) is 20.7. The Balaban J connectivity index is 2.08. The van der Waals surface area contributed by atoms with Crippen molar-refractivity contribution in [1.82, 2.24) is 15.5 Å². The van der Waals surface area contributed by atoms with Gasteiger partial charge in [-0.1, -0.05) is 45.5 Å². The molecule has 0 bridgehead atoms. The van der Waals surface area contributed by atoms with Crippen LogP contribution in [0.1, 0.15) is 40.5 Å². The minimum atomic E-state index is -0.607. The number of benzene rings is 1. The van der Waals surface area contributed by atoms with Crippen LogP contribution in [0.5, 0.6) is 5.75 Å². The number of hydrogen-bond acceptors (Lipinski definition) is 6. The average Bonchev–Trinajstić information content (AvgIpc) is 3.13. The number of anilines is 1. The Morgan fingerprint density at radius 2 is 1.82 bits per heavy atom. The van der Waals surface area contributed by atoms with Crippen LogP contribution in [0.4, 0.5) is 5.13 Å². The summed E-state index contributed by atoms with van der Waals surface area (Å²) in [4.78, 5) is 24.9. The van der Waals surface area contributed by atoms with Crippen molar-refractivity contribution >= 4 is 28.3 Å². The van der Waals surface area contributed by atoms with Gasteiger partial charge in [-0.25, -0.2) is 0 Å². The first kappa shape index (κ1) is 21.8. The van der Waals surface area contributed by atoms with Crippen molar-refractivity contribution < 1.29 is 14.3 Å². The quantitative estimate of drug-likeness (QED) is 0.664. The van der Waals surface area contributed by atoms with Gasteiger partial charge in [0.1, 0.15) is 16.8 Å². The lowest BCUT2D eigenvalue weighted by Crippen LogP contribution is -2.47. The smallest absolute Gasteiger partial charge is 0.249 e. The van der Waals surface area contributed by atoms with Crippen molar-refractivity contribution in [2.24, 2.45) is 11.8 Å². The summed E-state index contributed by atoms with van der Waals surface area (Å²) in [6.07, 6.45) is 1.16. The first-order chi connectivity index (χ1) is 13.3. The number of amides is 2. The minimum Gasteiger partial charge on any atom is -0.497 e. The molecule has 8 heteroatoms. The number of carbonyl (C=O) groups excluding carboxylic acids is 2. The summed E-state index contributed by atoms with van der Waals surface area (Å²) in [5.41, 5.74) is 0.891. The summed E-state index contributed by atoms with van der Waals surface area (Å²) < 4.78 is 5.15. The maximum Gasteiger partial charge on any atom is 0.249 e. The number of aromatic nitrogens is 2. The van der Waals surface area contributed by atoms with Gasteiger partial charge >= 0.3 is 0 Å². The van der Waals surface area contributed by atoms with Crippen LogP contribution in [0.3, 0.4) is 0 Å².